The average Bonchev–Trinajstić information content (AvgIpc) is 3.40. The van der Waals surface area contributed by atoms with Gasteiger partial charge in [-0.05, 0) is 25.0 Å². The Morgan fingerprint density at radius 3 is 2.65 bits per heavy atom. The lowest BCUT2D eigenvalue weighted by atomic mass is 10.1. The van der Waals surface area contributed by atoms with Crippen LogP contribution in [-0.2, 0) is 40.3 Å². The van der Waals surface area contributed by atoms with Gasteiger partial charge >= 0.3 is 0 Å². The zero-order valence-corrected chi connectivity index (χ0v) is 20.0. The molecule has 0 bridgehead atoms. The maximum atomic E-state index is 13.0. The van der Waals surface area contributed by atoms with Crippen molar-refractivity contribution in [3.63, 3.8) is 0 Å². The van der Waals surface area contributed by atoms with Crippen LogP contribution in [0.5, 0.6) is 0 Å². The van der Waals surface area contributed by atoms with Crippen LogP contribution in [0.1, 0.15) is 29.7 Å². The summed E-state index contributed by atoms with van der Waals surface area (Å²) >= 11 is 1.13. The standard InChI is InChI=1S/C21H24N4O7S2/c1-30-24-18(26)10-15-11-22-21(33-15)23-20(27)19(25-32-14-8-9-31-12-14)13-2-4-16(5-3-13)34(28,29)17-6-7-17/h2-5,11,14,17H,6-10,12H2,1H3,(H,24,26)(H,22,23,27)/b25-19+/t14-/m1/s1. The Kier molecular flexibility index (Phi) is 7.56. The first-order chi connectivity index (χ1) is 16.4. The number of sulfone groups is 1. The summed E-state index contributed by atoms with van der Waals surface area (Å²) < 4.78 is 30.2. The predicted octanol–water partition coefficient (Wildman–Crippen LogP) is 1.45. The largest absolute Gasteiger partial charge is 0.389 e. The fourth-order valence-corrected chi connectivity index (χ4v) is 5.70. The van der Waals surface area contributed by atoms with Gasteiger partial charge in [-0.15, -0.1) is 11.3 Å². The van der Waals surface area contributed by atoms with E-state index in [1.807, 2.05) is 0 Å². The first kappa shape index (κ1) is 24.3. The van der Waals surface area contributed by atoms with Crippen molar-refractivity contribution >= 4 is 43.8 Å². The Morgan fingerprint density at radius 2 is 2.00 bits per heavy atom. The summed E-state index contributed by atoms with van der Waals surface area (Å²) in [5.74, 6) is -0.932. The van der Waals surface area contributed by atoms with E-state index in [4.69, 9.17) is 9.57 Å². The van der Waals surface area contributed by atoms with Gasteiger partial charge in [-0.2, -0.15) is 0 Å². The molecule has 11 nitrogen and oxygen atoms in total. The van der Waals surface area contributed by atoms with Crippen LogP contribution in [0.15, 0.2) is 40.5 Å². The second-order valence-electron chi connectivity index (χ2n) is 7.79. The quantitative estimate of drug-likeness (QED) is 0.362. The Bertz CT molecular complexity index is 1170. The van der Waals surface area contributed by atoms with Crippen LogP contribution < -0.4 is 10.8 Å². The second kappa shape index (κ2) is 10.6. The SMILES string of the molecule is CONC(=O)Cc1cnc(NC(=O)/C(=N/O[C@@H]2CCOC2)c2ccc(S(=O)(=O)C3CC3)cc2)s1. The normalized spacial score (nSPS) is 18.5. The molecule has 1 atom stereocenters. The molecule has 1 aromatic heterocycles. The summed E-state index contributed by atoms with van der Waals surface area (Å²) in [7, 11) is -2.01. The Balaban J connectivity index is 1.51. The van der Waals surface area contributed by atoms with Crippen molar-refractivity contribution in [1.82, 2.24) is 10.5 Å². The molecule has 1 saturated carbocycles. The summed E-state index contributed by atoms with van der Waals surface area (Å²) in [6, 6.07) is 6.01. The van der Waals surface area contributed by atoms with Crippen molar-refractivity contribution in [3.05, 3.63) is 40.9 Å². The van der Waals surface area contributed by atoms with Crippen LogP contribution in [0.3, 0.4) is 0 Å². The zero-order chi connectivity index (χ0) is 24.1. The number of hydrogen-bond donors (Lipinski definition) is 2. The number of carbonyl (C=O) groups excluding carboxylic acids is 2. The van der Waals surface area contributed by atoms with Gasteiger partial charge in [0.15, 0.2) is 26.8 Å². The fraction of sp³-hybridized carbons (Fsp3) is 0.429. The topological polar surface area (TPSA) is 145 Å². The van der Waals surface area contributed by atoms with E-state index in [0.29, 0.717) is 42.9 Å². The number of nitrogens with zero attached hydrogens (tertiary/aromatic N) is 2. The van der Waals surface area contributed by atoms with Gasteiger partial charge in [0.05, 0.1) is 36.9 Å². The lowest BCUT2D eigenvalue weighted by Gasteiger charge is -2.10. The molecule has 2 N–H and O–H groups in total. The second-order valence-corrected chi connectivity index (χ2v) is 11.1. The van der Waals surface area contributed by atoms with E-state index in [9.17, 15) is 18.0 Å². The highest BCUT2D eigenvalue weighted by atomic mass is 32.2. The number of amides is 2. The highest BCUT2D eigenvalue weighted by molar-refractivity contribution is 7.92. The molecule has 0 unspecified atom stereocenters. The van der Waals surface area contributed by atoms with Gasteiger partial charge in [-0.3, -0.25) is 19.7 Å². The van der Waals surface area contributed by atoms with E-state index in [1.54, 1.807) is 0 Å². The molecule has 13 heteroatoms. The number of ether oxygens (including phenoxy) is 1. The maximum Gasteiger partial charge on any atom is 0.280 e. The van der Waals surface area contributed by atoms with Crippen LogP contribution in [0.4, 0.5) is 5.13 Å². The molecular weight excluding hydrogens is 484 g/mol. The predicted molar refractivity (Wildman–Crippen MR) is 123 cm³/mol. The van der Waals surface area contributed by atoms with Gasteiger partial charge in [0.1, 0.15) is 0 Å². The Morgan fingerprint density at radius 1 is 1.24 bits per heavy atom. The van der Waals surface area contributed by atoms with Crippen LogP contribution in [0, 0.1) is 0 Å². The van der Waals surface area contributed by atoms with Crippen molar-refractivity contribution in [2.45, 2.75) is 41.9 Å². The minimum absolute atomic E-state index is 0.0313. The first-order valence-corrected chi connectivity index (χ1v) is 13.0. The number of rotatable bonds is 10. The zero-order valence-electron chi connectivity index (χ0n) is 18.4. The molecule has 4 rings (SSSR count). The lowest BCUT2D eigenvalue weighted by Crippen LogP contribution is -2.25. The molecule has 34 heavy (non-hydrogen) atoms. The molecule has 2 aromatic rings. The highest BCUT2D eigenvalue weighted by Gasteiger charge is 2.36. The summed E-state index contributed by atoms with van der Waals surface area (Å²) in [6.07, 6.45) is 3.23. The smallest absolute Gasteiger partial charge is 0.280 e. The van der Waals surface area contributed by atoms with Crippen molar-refractivity contribution < 1.29 is 32.4 Å². The molecule has 2 fully saturated rings. The van der Waals surface area contributed by atoms with Crippen molar-refractivity contribution in [2.24, 2.45) is 5.16 Å². The number of carbonyl (C=O) groups is 2. The number of oxime groups is 1. The number of aromatic nitrogens is 1. The lowest BCUT2D eigenvalue weighted by molar-refractivity contribution is -0.130. The molecule has 2 aliphatic rings. The van der Waals surface area contributed by atoms with Gasteiger partial charge in [0.2, 0.25) is 5.91 Å². The minimum Gasteiger partial charge on any atom is -0.389 e. The maximum absolute atomic E-state index is 13.0. The van der Waals surface area contributed by atoms with Crippen molar-refractivity contribution in [3.8, 4) is 0 Å². The average molecular weight is 509 g/mol. The molecule has 0 spiro atoms. The van der Waals surface area contributed by atoms with E-state index < -0.39 is 15.7 Å². The Labute approximate surface area is 200 Å². The summed E-state index contributed by atoms with van der Waals surface area (Å²) in [5, 5.41) is 6.67. The number of thiazole rings is 1. The monoisotopic (exact) mass is 508 g/mol. The van der Waals surface area contributed by atoms with E-state index in [0.717, 1.165) is 11.3 Å². The van der Waals surface area contributed by atoms with Crippen LogP contribution in [0.2, 0.25) is 0 Å². The molecule has 182 valence electrons. The fourth-order valence-electron chi connectivity index (χ4n) is 3.23. The van der Waals surface area contributed by atoms with Gasteiger partial charge < -0.3 is 9.57 Å². The Hall–Kier alpha value is -2.87. The van der Waals surface area contributed by atoms with Gasteiger partial charge in [0.25, 0.3) is 5.91 Å². The van der Waals surface area contributed by atoms with Gasteiger partial charge in [0, 0.05) is 23.1 Å². The third-order valence-electron chi connectivity index (χ3n) is 5.14. The molecule has 1 aliphatic carbocycles. The third kappa shape index (κ3) is 5.97. The number of nitrogens with one attached hydrogen (secondary N) is 2. The van der Waals surface area contributed by atoms with E-state index >= 15 is 0 Å². The van der Waals surface area contributed by atoms with E-state index in [-0.39, 0.29) is 39.4 Å². The molecule has 0 radical (unpaired) electrons. The number of hydroxylamine groups is 1. The van der Waals surface area contributed by atoms with Crippen LogP contribution in [-0.4, -0.2) is 62.6 Å². The molecule has 1 aliphatic heterocycles. The van der Waals surface area contributed by atoms with Gasteiger partial charge in [-0.25, -0.2) is 18.9 Å². The molecule has 2 heterocycles. The van der Waals surface area contributed by atoms with Crippen molar-refractivity contribution in [1.29, 1.82) is 0 Å². The van der Waals surface area contributed by atoms with Crippen LogP contribution in [0.25, 0.3) is 0 Å². The third-order valence-corrected chi connectivity index (χ3v) is 8.33. The van der Waals surface area contributed by atoms with Crippen LogP contribution >= 0.6 is 11.3 Å². The number of anilines is 1. The van der Waals surface area contributed by atoms with E-state index in [2.05, 4.69) is 25.8 Å². The minimum atomic E-state index is -3.35. The molecule has 2 amide bonds. The molecule has 1 aromatic carbocycles. The number of benzene rings is 1. The summed E-state index contributed by atoms with van der Waals surface area (Å²) in [4.78, 5) is 39.8. The van der Waals surface area contributed by atoms with Crippen molar-refractivity contribution in [2.75, 3.05) is 25.6 Å². The first-order valence-electron chi connectivity index (χ1n) is 10.6. The number of hydrogen-bond acceptors (Lipinski definition) is 10. The highest BCUT2D eigenvalue weighted by Crippen LogP contribution is 2.33. The molecule has 1 saturated heterocycles. The molecular formula is C21H24N4O7S2. The van der Waals surface area contributed by atoms with Gasteiger partial charge in [-0.1, -0.05) is 17.3 Å². The summed E-state index contributed by atoms with van der Waals surface area (Å²) in [6.45, 7) is 0.921. The summed E-state index contributed by atoms with van der Waals surface area (Å²) in [5.41, 5.74) is 2.58. The van der Waals surface area contributed by atoms with E-state index in [1.165, 1.54) is 37.6 Å².